The molecule has 0 atom stereocenters. The molecule has 0 fully saturated rings. The number of aromatic nitrogens is 1. The lowest BCUT2D eigenvalue weighted by atomic mass is 10.0. The molecule has 4 aromatic carbocycles. The van der Waals surface area contributed by atoms with Crippen LogP contribution < -0.4 is 10.6 Å². The van der Waals surface area contributed by atoms with Crippen molar-refractivity contribution in [1.29, 1.82) is 0 Å². The van der Waals surface area contributed by atoms with Crippen LogP contribution in [-0.4, -0.2) is 10.9 Å². The van der Waals surface area contributed by atoms with Crippen molar-refractivity contribution in [2.24, 2.45) is 0 Å². The Hall–Kier alpha value is -4.44. The normalized spacial score (nSPS) is 10.8. The average Bonchev–Trinajstić information content (AvgIpc) is 2.87. The molecule has 0 saturated heterocycles. The van der Waals surface area contributed by atoms with E-state index in [4.69, 9.17) is 4.98 Å². The quantitative estimate of drug-likeness (QED) is 0.295. The van der Waals surface area contributed by atoms with Crippen LogP contribution in [0.3, 0.4) is 0 Å². The fraction of sp³-hybridized carbons (Fsp3) is 0.0667. The van der Waals surface area contributed by atoms with Gasteiger partial charge in [-0.3, -0.25) is 4.79 Å². The fourth-order valence-electron chi connectivity index (χ4n) is 3.94. The van der Waals surface area contributed by atoms with Gasteiger partial charge in [0.15, 0.2) is 0 Å². The Morgan fingerprint density at radius 3 is 2.12 bits per heavy atom. The number of aryl methyl sites for hydroxylation is 2. The average molecular weight is 444 g/mol. The van der Waals surface area contributed by atoms with Gasteiger partial charge in [0.1, 0.15) is 0 Å². The number of rotatable bonds is 5. The van der Waals surface area contributed by atoms with E-state index in [0.29, 0.717) is 5.56 Å². The van der Waals surface area contributed by atoms with Gasteiger partial charge in [-0.1, -0.05) is 48.5 Å². The van der Waals surface area contributed by atoms with Crippen LogP contribution >= 0.6 is 0 Å². The Bertz CT molecular complexity index is 1480. The summed E-state index contributed by atoms with van der Waals surface area (Å²) in [6, 6.07) is 33.6. The van der Waals surface area contributed by atoms with E-state index in [9.17, 15) is 4.79 Å². The Balaban J connectivity index is 1.44. The van der Waals surface area contributed by atoms with Crippen molar-refractivity contribution >= 4 is 33.9 Å². The molecule has 5 rings (SSSR count). The molecule has 0 unspecified atom stereocenters. The first-order valence-electron chi connectivity index (χ1n) is 11.3. The lowest BCUT2D eigenvalue weighted by molar-refractivity contribution is 0.102. The van der Waals surface area contributed by atoms with Crippen molar-refractivity contribution < 1.29 is 4.79 Å². The summed E-state index contributed by atoms with van der Waals surface area (Å²) in [5.41, 5.74) is 8.31. The molecule has 1 amide bonds. The minimum atomic E-state index is -0.160. The molecular weight excluding hydrogens is 418 g/mol. The van der Waals surface area contributed by atoms with E-state index in [0.717, 1.165) is 39.2 Å². The minimum Gasteiger partial charge on any atom is -0.356 e. The summed E-state index contributed by atoms with van der Waals surface area (Å²) in [6.07, 6.45) is 0. The second kappa shape index (κ2) is 9.20. The van der Waals surface area contributed by atoms with Crippen molar-refractivity contribution in [2.75, 3.05) is 10.6 Å². The molecule has 1 aromatic heterocycles. The van der Waals surface area contributed by atoms with Crippen molar-refractivity contribution in [2.45, 2.75) is 13.8 Å². The molecule has 0 aliphatic rings. The highest BCUT2D eigenvalue weighted by Crippen LogP contribution is 2.27. The molecule has 4 heteroatoms. The molecule has 2 N–H and O–H groups in total. The van der Waals surface area contributed by atoms with Gasteiger partial charge in [-0.15, -0.1) is 0 Å². The van der Waals surface area contributed by atoms with Crippen LogP contribution in [0, 0.1) is 13.8 Å². The summed E-state index contributed by atoms with van der Waals surface area (Å²) in [7, 11) is 0. The lowest BCUT2D eigenvalue weighted by Gasteiger charge is -2.12. The lowest BCUT2D eigenvalue weighted by Crippen LogP contribution is -2.13. The smallest absolute Gasteiger partial charge is 0.256 e. The van der Waals surface area contributed by atoms with Gasteiger partial charge in [-0.2, -0.15) is 0 Å². The zero-order valence-corrected chi connectivity index (χ0v) is 19.2. The highest BCUT2D eigenvalue weighted by Gasteiger charge is 2.14. The first kappa shape index (κ1) is 21.4. The van der Waals surface area contributed by atoms with Crippen LogP contribution in [0.2, 0.25) is 0 Å². The molecule has 1 heterocycles. The Morgan fingerprint density at radius 1 is 0.676 bits per heavy atom. The Morgan fingerprint density at radius 2 is 1.35 bits per heavy atom. The number of carbonyl (C=O) groups is 1. The summed E-state index contributed by atoms with van der Waals surface area (Å²) in [6.45, 7) is 4.18. The second-order valence-electron chi connectivity index (χ2n) is 8.39. The number of carbonyl (C=O) groups excluding carboxylic acids is 1. The monoisotopic (exact) mass is 443 g/mol. The highest BCUT2D eigenvalue weighted by atomic mass is 16.1. The molecule has 0 aliphatic heterocycles. The summed E-state index contributed by atoms with van der Waals surface area (Å²) in [5.74, 6) is -0.160. The van der Waals surface area contributed by atoms with E-state index in [-0.39, 0.29) is 5.91 Å². The van der Waals surface area contributed by atoms with Crippen molar-refractivity contribution in [3.8, 4) is 11.3 Å². The maximum absolute atomic E-state index is 13.4. The van der Waals surface area contributed by atoms with E-state index < -0.39 is 0 Å². The van der Waals surface area contributed by atoms with Crippen LogP contribution in [0.4, 0.5) is 17.1 Å². The predicted molar refractivity (Wildman–Crippen MR) is 141 cm³/mol. The number of amides is 1. The number of nitrogens with zero attached hydrogens (tertiary/aromatic N) is 1. The molecule has 0 spiro atoms. The third kappa shape index (κ3) is 4.52. The molecule has 0 bridgehead atoms. The zero-order chi connectivity index (χ0) is 23.5. The van der Waals surface area contributed by atoms with Crippen molar-refractivity contribution in [3.05, 3.63) is 120 Å². The number of hydrogen-bond acceptors (Lipinski definition) is 3. The minimum absolute atomic E-state index is 0.160. The number of para-hydroxylation sites is 2. The number of anilines is 3. The van der Waals surface area contributed by atoms with E-state index in [1.54, 1.807) is 0 Å². The molecule has 0 aliphatic carbocycles. The first-order valence-corrected chi connectivity index (χ1v) is 11.3. The Labute approximate surface area is 199 Å². The summed E-state index contributed by atoms with van der Waals surface area (Å²) in [4.78, 5) is 18.2. The largest absolute Gasteiger partial charge is 0.356 e. The maximum atomic E-state index is 13.4. The van der Waals surface area contributed by atoms with Gasteiger partial charge in [-0.25, -0.2) is 4.98 Å². The van der Waals surface area contributed by atoms with Gasteiger partial charge in [0.25, 0.3) is 5.91 Å². The Kier molecular flexibility index (Phi) is 5.79. The van der Waals surface area contributed by atoms with E-state index in [2.05, 4.69) is 42.7 Å². The van der Waals surface area contributed by atoms with Crippen LogP contribution in [0.25, 0.3) is 22.2 Å². The van der Waals surface area contributed by atoms with Crippen LogP contribution in [0.15, 0.2) is 103 Å². The van der Waals surface area contributed by atoms with Crippen LogP contribution in [0.5, 0.6) is 0 Å². The first-order chi connectivity index (χ1) is 16.6. The van der Waals surface area contributed by atoms with Crippen LogP contribution in [0.1, 0.15) is 21.5 Å². The van der Waals surface area contributed by atoms with Gasteiger partial charge in [0.05, 0.1) is 16.8 Å². The number of nitrogens with one attached hydrogen (secondary N) is 2. The maximum Gasteiger partial charge on any atom is 0.256 e. The molecule has 0 radical (unpaired) electrons. The van der Waals surface area contributed by atoms with Gasteiger partial charge in [0.2, 0.25) is 0 Å². The summed E-state index contributed by atoms with van der Waals surface area (Å²) >= 11 is 0. The third-order valence-electron chi connectivity index (χ3n) is 5.97. The SMILES string of the molecule is Cc1ccc(-c2cc(C(=O)Nc3ccc(Nc4ccccc4)cc3)c3ccccc3n2)cc1C. The number of fused-ring (bicyclic) bond motifs is 1. The van der Waals surface area contributed by atoms with E-state index in [1.165, 1.54) is 11.1 Å². The summed E-state index contributed by atoms with van der Waals surface area (Å²) < 4.78 is 0. The topological polar surface area (TPSA) is 54.0 Å². The fourth-order valence-corrected chi connectivity index (χ4v) is 3.94. The number of hydrogen-bond donors (Lipinski definition) is 2. The zero-order valence-electron chi connectivity index (χ0n) is 19.2. The predicted octanol–water partition coefficient (Wildman–Crippen LogP) is 7.51. The van der Waals surface area contributed by atoms with Gasteiger partial charge >= 0.3 is 0 Å². The number of pyridine rings is 1. The molecule has 34 heavy (non-hydrogen) atoms. The molecule has 5 aromatic rings. The molecule has 4 nitrogen and oxygen atoms in total. The highest BCUT2D eigenvalue weighted by molar-refractivity contribution is 6.13. The van der Waals surface area contributed by atoms with Crippen LogP contribution in [-0.2, 0) is 0 Å². The molecule has 166 valence electrons. The van der Waals surface area contributed by atoms with Gasteiger partial charge < -0.3 is 10.6 Å². The van der Waals surface area contributed by atoms with E-state index >= 15 is 0 Å². The van der Waals surface area contributed by atoms with Gasteiger partial charge in [-0.05, 0) is 79.6 Å². The third-order valence-corrected chi connectivity index (χ3v) is 5.97. The summed E-state index contributed by atoms with van der Waals surface area (Å²) in [5, 5.41) is 7.23. The van der Waals surface area contributed by atoms with E-state index in [1.807, 2.05) is 84.9 Å². The molecule has 0 saturated carbocycles. The van der Waals surface area contributed by atoms with Crippen molar-refractivity contribution in [1.82, 2.24) is 4.98 Å². The standard InChI is InChI=1S/C30H25N3O/c1-20-12-13-22(18-21(20)2)29-19-27(26-10-6-7-11-28(26)33-29)30(34)32-25-16-14-24(15-17-25)31-23-8-4-3-5-9-23/h3-19,31H,1-2H3,(H,32,34). The second-order valence-corrected chi connectivity index (χ2v) is 8.39. The number of benzene rings is 4. The molecular formula is C30H25N3O. The van der Waals surface area contributed by atoms with Gasteiger partial charge in [0, 0.05) is 28.0 Å². The van der Waals surface area contributed by atoms with Crippen molar-refractivity contribution in [3.63, 3.8) is 0 Å².